The van der Waals surface area contributed by atoms with Crippen molar-refractivity contribution in [1.82, 2.24) is 0 Å². The first-order valence-electron chi connectivity index (χ1n) is 21.5. The van der Waals surface area contributed by atoms with Gasteiger partial charge in [-0.15, -0.1) is 26.3 Å². The van der Waals surface area contributed by atoms with Crippen LogP contribution in [0.3, 0.4) is 0 Å². The Hall–Kier alpha value is -3.09. The molecule has 0 radical (unpaired) electrons. The third-order valence-electron chi connectivity index (χ3n) is 13.2. The van der Waals surface area contributed by atoms with E-state index in [1.54, 1.807) is 0 Å². The lowest BCUT2D eigenvalue weighted by atomic mass is 9.66. The van der Waals surface area contributed by atoms with E-state index in [2.05, 4.69) is 23.3 Å². The molecule has 0 bridgehead atoms. The number of halogens is 10. The van der Waals surface area contributed by atoms with E-state index in [0.29, 0.717) is 48.5 Å². The minimum atomic E-state index is -5.11. The Morgan fingerprint density at radius 3 is 1.45 bits per heavy atom. The topological polar surface area (TPSA) is 113 Å². The van der Waals surface area contributed by atoms with Crippen LogP contribution in [0.5, 0.6) is 11.5 Å². The van der Waals surface area contributed by atoms with E-state index in [9.17, 15) is 49.0 Å². The zero-order valence-electron chi connectivity index (χ0n) is 34.9. The number of hydrogen-bond acceptors (Lipinski definition) is 5. The van der Waals surface area contributed by atoms with E-state index >= 15 is 0 Å². The lowest BCUT2D eigenvalue weighted by molar-refractivity contribution is -0.276. The molecule has 0 amide bonds. The van der Waals surface area contributed by atoms with Gasteiger partial charge in [0, 0.05) is 11.1 Å². The van der Waals surface area contributed by atoms with E-state index in [1.165, 1.54) is 83.1 Å². The predicted molar refractivity (Wildman–Crippen MR) is 212 cm³/mol. The molecular formula is C44H58F10O7S. The standard InChI is InChI=1S/C22H29F5O2.C22H27F5O.H2O4S/c1-2-3-14-4-6-15(7-5-14)16-10-12-21(28,13-11-16)17-8-9-18(20(24)19(17)23)29-22(25,26)27;1-2-3-14-4-6-15(7-5-14)16-8-10-17(11-9-16)18-12-13-19(21(24)20(18)23)28-22(25,26)27;1-5(2,3)4/h8-9,14-16,28H,2-7,10-13H2,1H3;10,12-16H,2-9,11H2,1H3;(H2,1,2,3,4). The first-order chi connectivity index (χ1) is 28.9. The minimum Gasteiger partial charge on any atom is -0.403 e. The van der Waals surface area contributed by atoms with Crippen molar-refractivity contribution in [1.29, 1.82) is 0 Å². The van der Waals surface area contributed by atoms with Gasteiger partial charge in [-0.1, -0.05) is 71.3 Å². The smallest absolute Gasteiger partial charge is 0.403 e. The normalized spacial score (nSPS) is 27.2. The van der Waals surface area contributed by atoms with Crippen LogP contribution in [-0.2, 0) is 16.0 Å². The van der Waals surface area contributed by atoms with E-state index < -0.39 is 63.5 Å². The molecule has 6 rings (SSSR count). The fourth-order valence-corrected chi connectivity index (χ4v) is 10.2. The highest BCUT2D eigenvalue weighted by Crippen LogP contribution is 2.48. The summed E-state index contributed by atoms with van der Waals surface area (Å²) >= 11 is 0. The molecule has 2 aromatic rings. The Morgan fingerprint density at radius 2 is 1.03 bits per heavy atom. The Morgan fingerprint density at radius 1 is 0.613 bits per heavy atom. The molecule has 4 aliphatic rings. The average Bonchev–Trinajstić information content (AvgIpc) is 3.19. The number of benzene rings is 2. The van der Waals surface area contributed by atoms with Gasteiger partial charge in [0.2, 0.25) is 11.6 Å². The molecule has 3 saturated carbocycles. The highest BCUT2D eigenvalue weighted by molar-refractivity contribution is 7.79. The highest BCUT2D eigenvalue weighted by atomic mass is 32.3. The maximum absolute atomic E-state index is 14.5. The molecule has 1 atom stereocenters. The zero-order valence-corrected chi connectivity index (χ0v) is 35.8. The molecule has 18 heteroatoms. The monoisotopic (exact) mass is 920 g/mol. The van der Waals surface area contributed by atoms with Crippen LogP contribution in [0.2, 0.25) is 0 Å². The summed E-state index contributed by atoms with van der Waals surface area (Å²) in [6, 6.07) is 3.78. The Bertz CT molecular complexity index is 1870. The van der Waals surface area contributed by atoms with Crippen molar-refractivity contribution in [2.45, 2.75) is 154 Å². The SMILES string of the molecule is CCCC1CCC(C2CC=C(c3ccc(OC(F)(F)F)c(F)c3F)CC2)CC1.CCCC1CCC(C2CCC(O)(c3ccc(OC(F)(F)F)c(F)c3F)CC2)CC1.O=S(=O)(O)O. The van der Waals surface area contributed by atoms with Crippen molar-refractivity contribution < 1.29 is 76.0 Å². The average molecular weight is 921 g/mol. The molecule has 0 heterocycles. The molecule has 0 aliphatic heterocycles. The van der Waals surface area contributed by atoms with Gasteiger partial charge >= 0.3 is 23.1 Å². The summed E-state index contributed by atoms with van der Waals surface area (Å²) in [6.45, 7) is 4.43. The number of ether oxygens (including phenoxy) is 2. The van der Waals surface area contributed by atoms with Gasteiger partial charge in [-0.3, -0.25) is 9.11 Å². The molecule has 1 unspecified atom stereocenters. The maximum Gasteiger partial charge on any atom is 0.573 e. The molecule has 2 aromatic carbocycles. The number of allylic oxidation sites excluding steroid dienone is 2. The van der Waals surface area contributed by atoms with Crippen molar-refractivity contribution >= 4 is 16.0 Å². The molecule has 62 heavy (non-hydrogen) atoms. The Kier molecular flexibility index (Phi) is 18.5. The van der Waals surface area contributed by atoms with Gasteiger partial charge in [-0.05, 0) is 136 Å². The van der Waals surface area contributed by atoms with Crippen LogP contribution in [0.15, 0.2) is 30.3 Å². The van der Waals surface area contributed by atoms with Crippen molar-refractivity contribution in [2.24, 2.45) is 35.5 Å². The number of aliphatic hydroxyl groups is 1. The van der Waals surface area contributed by atoms with Crippen molar-refractivity contribution in [3.63, 3.8) is 0 Å². The second kappa shape index (κ2) is 22.2. The Balaban J connectivity index is 0.000000246. The van der Waals surface area contributed by atoms with E-state index in [0.717, 1.165) is 42.9 Å². The summed E-state index contributed by atoms with van der Waals surface area (Å²) in [7, 11) is -4.67. The van der Waals surface area contributed by atoms with E-state index in [1.807, 2.05) is 6.08 Å². The fraction of sp³-hybridized carbons (Fsp3) is 0.682. The van der Waals surface area contributed by atoms with Gasteiger partial charge in [-0.25, -0.2) is 8.78 Å². The van der Waals surface area contributed by atoms with Crippen molar-refractivity contribution in [3.8, 4) is 11.5 Å². The third kappa shape index (κ3) is 15.6. The van der Waals surface area contributed by atoms with Gasteiger partial charge in [0.25, 0.3) is 0 Å². The van der Waals surface area contributed by atoms with Crippen molar-refractivity contribution in [3.05, 3.63) is 64.7 Å². The van der Waals surface area contributed by atoms with Crippen molar-refractivity contribution in [2.75, 3.05) is 0 Å². The first-order valence-corrected chi connectivity index (χ1v) is 22.9. The third-order valence-corrected chi connectivity index (χ3v) is 13.2. The minimum absolute atomic E-state index is 0.0390. The molecule has 3 fully saturated rings. The Labute approximate surface area is 357 Å². The quantitative estimate of drug-likeness (QED) is 0.161. The van der Waals surface area contributed by atoms with E-state index in [4.69, 9.17) is 17.5 Å². The summed E-state index contributed by atoms with van der Waals surface area (Å²) in [5.74, 6) is -4.42. The number of alkyl halides is 6. The highest BCUT2D eigenvalue weighted by Gasteiger charge is 2.42. The first kappa shape index (κ1) is 51.5. The zero-order chi connectivity index (χ0) is 46.0. The predicted octanol–water partition coefficient (Wildman–Crippen LogP) is 13.8. The molecular weight excluding hydrogens is 863 g/mol. The van der Waals surface area contributed by atoms with Crippen LogP contribution in [0.1, 0.15) is 147 Å². The lowest BCUT2D eigenvalue weighted by Crippen LogP contribution is -2.35. The van der Waals surface area contributed by atoms with Crippen LogP contribution in [0.4, 0.5) is 43.9 Å². The van der Waals surface area contributed by atoms with E-state index in [-0.39, 0.29) is 24.0 Å². The van der Waals surface area contributed by atoms with Crippen LogP contribution in [0.25, 0.3) is 5.57 Å². The molecule has 0 saturated heterocycles. The number of hydrogen-bond donors (Lipinski definition) is 3. The summed E-state index contributed by atoms with van der Waals surface area (Å²) in [6.07, 6.45) is 11.0. The molecule has 0 spiro atoms. The lowest BCUT2D eigenvalue weighted by Gasteiger charge is -2.41. The fourth-order valence-electron chi connectivity index (χ4n) is 10.2. The van der Waals surface area contributed by atoms with Gasteiger partial charge in [0.15, 0.2) is 23.1 Å². The summed E-state index contributed by atoms with van der Waals surface area (Å²) in [5.41, 5.74) is -1.13. The molecule has 7 nitrogen and oxygen atoms in total. The molecule has 0 aromatic heterocycles. The molecule has 352 valence electrons. The summed E-state index contributed by atoms with van der Waals surface area (Å²) < 4.78 is 169. The van der Waals surface area contributed by atoms with Gasteiger partial charge in [0.1, 0.15) is 0 Å². The largest absolute Gasteiger partial charge is 0.573 e. The van der Waals surface area contributed by atoms with Crippen LogP contribution >= 0.6 is 0 Å². The molecule has 4 aliphatic carbocycles. The number of rotatable bonds is 10. The van der Waals surface area contributed by atoms with Crippen LogP contribution in [-0.4, -0.2) is 35.4 Å². The molecule has 3 N–H and O–H groups in total. The van der Waals surface area contributed by atoms with Gasteiger partial charge in [0.05, 0.1) is 5.60 Å². The summed E-state index contributed by atoms with van der Waals surface area (Å²) in [4.78, 5) is 0. The van der Waals surface area contributed by atoms with Crippen LogP contribution in [0, 0.1) is 58.8 Å². The second-order valence-corrected chi connectivity index (χ2v) is 18.2. The van der Waals surface area contributed by atoms with Gasteiger partial charge in [-0.2, -0.15) is 17.2 Å². The van der Waals surface area contributed by atoms with Crippen LogP contribution < -0.4 is 9.47 Å². The van der Waals surface area contributed by atoms with Gasteiger partial charge < -0.3 is 14.6 Å². The summed E-state index contributed by atoms with van der Waals surface area (Å²) in [5, 5.41) is 10.9. The second-order valence-electron chi connectivity index (χ2n) is 17.3. The maximum atomic E-state index is 14.5.